The minimum absolute atomic E-state index is 0.213. The normalized spacial score (nSPS) is 24.8. The average Bonchev–Trinajstić information content (AvgIpc) is 2.78. The molecule has 0 amide bonds. The average molecular weight is 213 g/mol. The van der Waals surface area contributed by atoms with Crippen molar-refractivity contribution in [3.8, 4) is 0 Å². The maximum absolute atomic E-state index is 10.6. The summed E-state index contributed by atoms with van der Waals surface area (Å²) in [5.74, 6) is -1.41. The van der Waals surface area contributed by atoms with E-state index in [1.807, 2.05) is 4.90 Å². The van der Waals surface area contributed by atoms with E-state index in [0.29, 0.717) is 26.3 Å². The molecular weight excluding hydrogens is 198 g/mol. The van der Waals surface area contributed by atoms with Gasteiger partial charge in [0.05, 0.1) is 19.8 Å². The summed E-state index contributed by atoms with van der Waals surface area (Å²) in [5.41, 5.74) is 0.213. The largest absolute Gasteiger partial charge is 0.478 e. The van der Waals surface area contributed by atoms with Crippen LogP contribution in [0.2, 0.25) is 0 Å². The Balaban J connectivity index is 1.87. The highest BCUT2D eigenvalue weighted by molar-refractivity contribution is 5.86. The number of carbonyl (C=O) groups is 1. The molecule has 0 saturated carbocycles. The molecule has 0 bridgehead atoms. The summed E-state index contributed by atoms with van der Waals surface area (Å²) in [4.78, 5) is 12.6. The van der Waals surface area contributed by atoms with E-state index in [-0.39, 0.29) is 5.57 Å². The zero-order valence-electron chi connectivity index (χ0n) is 8.57. The molecule has 2 saturated heterocycles. The number of hydrogen-bond donors (Lipinski definition) is 1. The number of likely N-dealkylation sites (tertiary alicyclic amines) is 1. The quantitative estimate of drug-likeness (QED) is 0.672. The number of hydrogen-bond acceptors (Lipinski definition) is 4. The number of carboxylic acids is 1. The van der Waals surface area contributed by atoms with Gasteiger partial charge in [-0.15, -0.1) is 0 Å². The standard InChI is InChI=1S/C10H15NO4/c1-8(9(12)13)6-11-3-2-10(7-11)14-4-5-15-10/h1-7H2,(H,12,13). The number of nitrogens with zero attached hydrogens (tertiary/aromatic N) is 1. The lowest BCUT2D eigenvalue weighted by Crippen LogP contribution is -2.35. The molecule has 0 aromatic heterocycles. The zero-order chi connectivity index (χ0) is 10.9. The molecular formula is C10H15NO4. The smallest absolute Gasteiger partial charge is 0.332 e. The molecule has 15 heavy (non-hydrogen) atoms. The third-order valence-corrected chi connectivity index (χ3v) is 2.80. The Morgan fingerprint density at radius 2 is 2.13 bits per heavy atom. The first-order valence-electron chi connectivity index (χ1n) is 5.03. The Bertz CT molecular complexity index is 283. The molecule has 0 unspecified atom stereocenters. The van der Waals surface area contributed by atoms with Gasteiger partial charge in [-0.1, -0.05) is 6.58 Å². The highest BCUT2D eigenvalue weighted by Crippen LogP contribution is 2.30. The summed E-state index contributed by atoms with van der Waals surface area (Å²) in [6, 6.07) is 0. The lowest BCUT2D eigenvalue weighted by Gasteiger charge is -2.22. The monoisotopic (exact) mass is 213 g/mol. The third-order valence-electron chi connectivity index (χ3n) is 2.80. The molecule has 2 aliphatic heterocycles. The maximum Gasteiger partial charge on any atom is 0.332 e. The van der Waals surface area contributed by atoms with E-state index in [1.54, 1.807) is 0 Å². The summed E-state index contributed by atoms with van der Waals surface area (Å²) < 4.78 is 11.1. The molecule has 0 atom stereocenters. The highest BCUT2D eigenvalue weighted by atomic mass is 16.7. The predicted octanol–water partition coefficient (Wildman–Crippen LogP) is 0.0760. The minimum atomic E-state index is -0.941. The van der Waals surface area contributed by atoms with Crippen molar-refractivity contribution in [3.63, 3.8) is 0 Å². The first-order valence-corrected chi connectivity index (χ1v) is 5.03. The fourth-order valence-corrected chi connectivity index (χ4v) is 2.03. The van der Waals surface area contributed by atoms with E-state index in [4.69, 9.17) is 14.6 Å². The van der Waals surface area contributed by atoms with Crippen molar-refractivity contribution in [2.45, 2.75) is 12.2 Å². The summed E-state index contributed by atoms with van der Waals surface area (Å²) in [6.45, 7) is 6.59. The summed E-state index contributed by atoms with van der Waals surface area (Å²) in [6.07, 6.45) is 0.805. The van der Waals surface area contributed by atoms with Crippen LogP contribution >= 0.6 is 0 Å². The molecule has 2 fully saturated rings. The van der Waals surface area contributed by atoms with Crippen LogP contribution in [0.3, 0.4) is 0 Å². The second-order valence-corrected chi connectivity index (χ2v) is 3.98. The Morgan fingerprint density at radius 3 is 2.73 bits per heavy atom. The summed E-state index contributed by atoms with van der Waals surface area (Å²) in [7, 11) is 0. The van der Waals surface area contributed by atoms with Crippen LogP contribution in [0.15, 0.2) is 12.2 Å². The van der Waals surface area contributed by atoms with E-state index in [1.165, 1.54) is 0 Å². The first-order chi connectivity index (χ1) is 7.11. The van der Waals surface area contributed by atoms with Gasteiger partial charge in [-0.2, -0.15) is 0 Å². The van der Waals surface area contributed by atoms with Crippen LogP contribution in [0.1, 0.15) is 6.42 Å². The van der Waals surface area contributed by atoms with Crippen molar-refractivity contribution in [1.29, 1.82) is 0 Å². The fraction of sp³-hybridized carbons (Fsp3) is 0.700. The van der Waals surface area contributed by atoms with Crippen molar-refractivity contribution >= 4 is 5.97 Å². The van der Waals surface area contributed by atoms with Crippen LogP contribution < -0.4 is 0 Å². The molecule has 2 rings (SSSR count). The second-order valence-electron chi connectivity index (χ2n) is 3.98. The Kier molecular flexibility index (Phi) is 2.77. The second kappa shape index (κ2) is 3.92. The van der Waals surface area contributed by atoms with Gasteiger partial charge in [-0.05, 0) is 0 Å². The molecule has 0 aliphatic carbocycles. The summed E-state index contributed by atoms with van der Waals surface area (Å²) in [5, 5.41) is 8.71. The maximum atomic E-state index is 10.6. The van der Waals surface area contributed by atoms with E-state index in [9.17, 15) is 4.79 Å². The molecule has 2 heterocycles. The van der Waals surface area contributed by atoms with Gasteiger partial charge in [0.2, 0.25) is 0 Å². The van der Waals surface area contributed by atoms with Crippen molar-refractivity contribution in [3.05, 3.63) is 12.2 Å². The van der Waals surface area contributed by atoms with Gasteiger partial charge in [-0.3, -0.25) is 4.90 Å². The van der Waals surface area contributed by atoms with Crippen LogP contribution in [0.5, 0.6) is 0 Å². The van der Waals surface area contributed by atoms with Crippen molar-refractivity contribution in [1.82, 2.24) is 4.90 Å². The Morgan fingerprint density at radius 1 is 1.47 bits per heavy atom. The predicted molar refractivity (Wildman–Crippen MR) is 52.5 cm³/mol. The van der Waals surface area contributed by atoms with E-state index >= 15 is 0 Å². The molecule has 0 aromatic carbocycles. The molecule has 1 N–H and O–H groups in total. The van der Waals surface area contributed by atoms with Gasteiger partial charge in [0.1, 0.15) is 0 Å². The minimum Gasteiger partial charge on any atom is -0.478 e. The van der Waals surface area contributed by atoms with Gasteiger partial charge in [0.25, 0.3) is 0 Å². The van der Waals surface area contributed by atoms with Crippen LogP contribution in [0, 0.1) is 0 Å². The lowest BCUT2D eigenvalue weighted by molar-refractivity contribution is -0.145. The molecule has 5 nitrogen and oxygen atoms in total. The molecule has 0 aromatic rings. The third kappa shape index (κ3) is 2.19. The van der Waals surface area contributed by atoms with Gasteiger partial charge >= 0.3 is 5.97 Å². The Labute approximate surface area is 88.3 Å². The van der Waals surface area contributed by atoms with Crippen LogP contribution in [-0.4, -0.2) is 54.6 Å². The lowest BCUT2D eigenvalue weighted by atomic mass is 10.2. The number of aliphatic carboxylic acids is 1. The van der Waals surface area contributed by atoms with E-state index in [2.05, 4.69) is 6.58 Å². The van der Waals surface area contributed by atoms with E-state index < -0.39 is 11.8 Å². The van der Waals surface area contributed by atoms with E-state index in [0.717, 1.165) is 13.0 Å². The van der Waals surface area contributed by atoms with Gasteiger partial charge in [0.15, 0.2) is 5.79 Å². The SMILES string of the molecule is C=C(CN1CCC2(C1)OCCO2)C(=O)O. The van der Waals surface area contributed by atoms with Crippen molar-refractivity contribution in [2.75, 3.05) is 32.8 Å². The number of rotatable bonds is 3. The van der Waals surface area contributed by atoms with Crippen molar-refractivity contribution in [2.24, 2.45) is 0 Å². The molecule has 0 radical (unpaired) electrons. The first kappa shape index (κ1) is 10.6. The van der Waals surface area contributed by atoms with Crippen LogP contribution in [-0.2, 0) is 14.3 Å². The van der Waals surface area contributed by atoms with Gasteiger partial charge in [0, 0.05) is 25.1 Å². The van der Waals surface area contributed by atoms with Crippen LogP contribution in [0.4, 0.5) is 0 Å². The van der Waals surface area contributed by atoms with Gasteiger partial charge < -0.3 is 14.6 Å². The zero-order valence-corrected chi connectivity index (χ0v) is 8.57. The molecule has 84 valence electrons. The number of ether oxygens (including phenoxy) is 2. The topological polar surface area (TPSA) is 59.0 Å². The highest BCUT2D eigenvalue weighted by Gasteiger charge is 2.43. The Hall–Kier alpha value is -0.910. The molecule has 2 aliphatic rings. The number of carboxylic acid groups (broad SMARTS) is 1. The van der Waals surface area contributed by atoms with Gasteiger partial charge in [-0.25, -0.2) is 4.79 Å². The van der Waals surface area contributed by atoms with Crippen LogP contribution in [0.25, 0.3) is 0 Å². The van der Waals surface area contributed by atoms with Crippen molar-refractivity contribution < 1.29 is 19.4 Å². The molecule has 5 heteroatoms. The fourth-order valence-electron chi connectivity index (χ4n) is 2.03. The summed E-state index contributed by atoms with van der Waals surface area (Å²) >= 11 is 0. The molecule has 1 spiro atoms.